The minimum absolute atomic E-state index is 0.217. The molecule has 0 bridgehead atoms. The molecule has 0 spiro atoms. The third-order valence-electron chi connectivity index (χ3n) is 3.82. The molecule has 1 fully saturated rings. The number of rotatable bonds is 2. The molecule has 2 unspecified atom stereocenters. The maximum atomic E-state index is 12.8. The van der Waals surface area contributed by atoms with Crippen LogP contribution in [0, 0.1) is 5.92 Å². The van der Waals surface area contributed by atoms with Gasteiger partial charge in [0.05, 0.1) is 5.56 Å². The number of anilines is 1. The molecule has 2 atom stereocenters. The zero-order chi connectivity index (χ0) is 14.9. The highest BCUT2D eigenvalue weighted by molar-refractivity contribution is 5.51. The van der Waals surface area contributed by atoms with Crippen molar-refractivity contribution in [3.8, 4) is 0 Å². The highest BCUT2D eigenvalue weighted by atomic mass is 19.4. The SMILES string of the molecule is CC1CN(c2cccc(C(F)(F)F)c2)C(C(C)C)CN1. The number of nitrogens with zero attached hydrogens (tertiary/aromatic N) is 1. The van der Waals surface area contributed by atoms with Crippen molar-refractivity contribution in [3.63, 3.8) is 0 Å². The van der Waals surface area contributed by atoms with Crippen molar-refractivity contribution in [2.45, 2.75) is 39.0 Å². The highest BCUT2D eigenvalue weighted by Crippen LogP contribution is 2.33. The Hall–Kier alpha value is -1.23. The molecule has 5 heteroatoms. The van der Waals surface area contributed by atoms with E-state index in [-0.39, 0.29) is 12.1 Å². The van der Waals surface area contributed by atoms with Gasteiger partial charge in [-0.15, -0.1) is 0 Å². The fourth-order valence-electron chi connectivity index (χ4n) is 2.68. The second kappa shape index (κ2) is 5.64. The largest absolute Gasteiger partial charge is 0.416 e. The van der Waals surface area contributed by atoms with Gasteiger partial charge < -0.3 is 10.2 Å². The number of hydrogen-bond acceptors (Lipinski definition) is 2. The Morgan fingerprint density at radius 3 is 2.60 bits per heavy atom. The minimum atomic E-state index is -4.29. The summed E-state index contributed by atoms with van der Waals surface area (Å²) < 4.78 is 38.5. The lowest BCUT2D eigenvalue weighted by Gasteiger charge is -2.43. The average Bonchev–Trinajstić information content (AvgIpc) is 2.37. The van der Waals surface area contributed by atoms with Gasteiger partial charge in [-0.2, -0.15) is 13.2 Å². The van der Waals surface area contributed by atoms with Gasteiger partial charge in [0.1, 0.15) is 0 Å². The van der Waals surface area contributed by atoms with Gasteiger partial charge in [-0.3, -0.25) is 0 Å². The molecule has 0 saturated carbocycles. The third-order valence-corrected chi connectivity index (χ3v) is 3.82. The summed E-state index contributed by atoms with van der Waals surface area (Å²) in [6.45, 7) is 7.78. The Morgan fingerprint density at radius 2 is 2.00 bits per heavy atom. The van der Waals surface area contributed by atoms with Crippen molar-refractivity contribution in [1.29, 1.82) is 0 Å². The van der Waals surface area contributed by atoms with E-state index in [1.165, 1.54) is 12.1 Å². The molecule has 1 aromatic carbocycles. The average molecular weight is 286 g/mol. The van der Waals surface area contributed by atoms with Crippen molar-refractivity contribution < 1.29 is 13.2 Å². The molecule has 112 valence electrons. The maximum absolute atomic E-state index is 12.8. The Labute approximate surface area is 118 Å². The molecule has 2 rings (SSSR count). The molecule has 2 nitrogen and oxygen atoms in total. The number of hydrogen-bond donors (Lipinski definition) is 1. The van der Waals surface area contributed by atoms with E-state index >= 15 is 0 Å². The van der Waals surface area contributed by atoms with E-state index < -0.39 is 11.7 Å². The molecule has 0 amide bonds. The maximum Gasteiger partial charge on any atom is 0.416 e. The van der Waals surface area contributed by atoms with Crippen LogP contribution in [-0.4, -0.2) is 25.2 Å². The Morgan fingerprint density at radius 1 is 1.30 bits per heavy atom. The van der Waals surface area contributed by atoms with Crippen molar-refractivity contribution in [2.75, 3.05) is 18.0 Å². The van der Waals surface area contributed by atoms with Gasteiger partial charge in [0.2, 0.25) is 0 Å². The first kappa shape index (κ1) is 15.2. The highest BCUT2D eigenvalue weighted by Gasteiger charge is 2.33. The number of alkyl halides is 3. The summed E-state index contributed by atoms with van der Waals surface area (Å²) in [5, 5.41) is 3.39. The molecule has 1 aliphatic rings. The summed E-state index contributed by atoms with van der Waals surface area (Å²) >= 11 is 0. The first-order valence-corrected chi connectivity index (χ1v) is 6.96. The van der Waals surface area contributed by atoms with Gasteiger partial charge in [0.25, 0.3) is 0 Å². The second-order valence-electron chi connectivity index (χ2n) is 5.82. The van der Waals surface area contributed by atoms with Gasteiger partial charge >= 0.3 is 6.18 Å². The molecule has 0 aromatic heterocycles. The molecule has 1 aliphatic heterocycles. The fourth-order valence-corrected chi connectivity index (χ4v) is 2.68. The predicted octanol–water partition coefficient (Wildman–Crippen LogP) is 3.53. The van der Waals surface area contributed by atoms with E-state index in [1.807, 2.05) is 0 Å². The third kappa shape index (κ3) is 3.26. The fraction of sp³-hybridized carbons (Fsp3) is 0.600. The number of piperazine rings is 1. The van der Waals surface area contributed by atoms with Crippen LogP contribution >= 0.6 is 0 Å². The van der Waals surface area contributed by atoms with E-state index in [9.17, 15) is 13.2 Å². The van der Waals surface area contributed by atoms with Gasteiger partial charge in [-0.25, -0.2) is 0 Å². The van der Waals surface area contributed by atoms with Crippen LogP contribution in [0.4, 0.5) is 18.9 Å². The first-order valence-electron chi connectivity index (χ1n) is 6.96. The van der Waals surface area contributed by atoms with E-state index in [4.69, 9.17) is 0 Å². The predicted molar refractivity (Wildman–Crippen MR) is 74.9 cm³/mol. The van der Waals surface area contributed by atoms with Crippen LogP contribution in [-0.2, 0) is 6.18 Å². The lowest BCUT2D eigenvalue weighted by atomic mass is 9.97. The summed E-state index contributed by atoms with van der Waals surface area (Å²) in [7, 11) is 0. The molecule has 20 heavy (non-hydrogen) atoms. The Balaban J connectivity index is 2.32. The molecule has 0 radical (unpaired) electrons. The standard InChI is InChI=1S/C15H21F3N2/c1-10(2)14-8-19-11(3)9-20(14)13-6-4-5-12(7-13)15(16,17)18/h4-7,10-11,14,19H,8-9H2,1-3H3. The van der Waals surface area contributed by atoms with Gasteiger partial charge in [0, 0.05) is 30.9 Å². The normalized spacial score (nSPS) is 24.2. The Kier molecular flexibility index (Phi) is 4.28. The van der Waals surface area contributed by atoms with E-state index in [2.05, 4.69) is 31.0 Å². The summed E-state index contributed by atoms with van der Waals surface area (Å²) in [4.78, 5) is 2.10. The van der Waals surface area contributed by atoms with Gasteiger partial charge in [-0.1, -0.05) is 19.9 Å². The van der Waals surface area contributed by atoms with Crippen LogP contribution in [0.25, 0.3) is 0 Å². The summed E-state index contributed by atoms with van der Waals surface area (Å²) in [6.07, 6.45) is -4.29. The Bertz CT molecular complexity index is 457. The van der Waals surface area contributed by atoms with Crippen molar-refractivity contribution in [3.05, 3.63) is 29.8 Å². The zero-order valence-corrected chi connectivity index (χ0v) is 12.0. The van der Waals surface area contributed by atoms with Crippen molar-refractivity contribution in [2.24, 2.45) is 5.92 Å². The molecule has 1 saturated heterocycles. The molecule has 1 aromatic rings. The lowest BCUT2D eigenvalue weighted by molar-refractivity contribution is -0.137. The molecule has 1 N–H and O–H groups in total. The summed E-state index contributed by atoms with van der Waals surface area (Å²) in [6, 6.07) is 6.13. The smallest absolute Gasteiger partial charge is 0.365 e. The van der Waals surface area contributed by atoms with E-state index in [0.29, 0.717) is 11.6 Å². The van der Waals surface area contributed by atoms with Crippen molar-refractivity contribution >= 4 is 5.69 Å². The minimum Gasteiger partial charge on any atom is -0.365 e. The lowest BCUT2D eigenvalue weighted by Crippen LogP contribution is -2.57. The molecule has 0 aliphatic carbocycles. The van der Waals surface area contributed by atoms with Crippen LogP contribution < -0.4 is 10.2 Å². The van der Waals surface area contributed by atoms with E-state index in [0.717, 1.165) is 19.2 Å². The van der Waals surface area contributed by atoms with Gasteiger partial charge in [0.15, 0.2) is 0 Å². The number of nitrogens with one attached hydrogen (secondary N) is 1. The van der Waals surface area contributed by atoms with E-state index in [1.54, 1.807) is 6.07 Å². The number of benzene rings is 1. The van der Waals surface area contributed by atoms with Crippen LogP contribution in [0.3, 0.4) is 0 Å². The van der Waals surface area contributed by atoms with Crippen LogP contribution in [0.15, 0.2) is 24.3 Å². The number of halogens is 3. The first-order chi connectivity index (χ1) is 9.29. The summed E-state index contributed by atoms with van der Waals surface area (Å²) in [5.41, 5.74) is 0.0792. The van der Waals surface area contributed by atoms with Crippen LogP contribution in [0.1, 0.15) is 26.3 Å². The second-order valence-corrected chi connectivity index (χ2v) is 5.82. The summed E-state index contributed by atoms with van der Waals surface area (Å²) in [5.74, 6) is 0.379. The molecular formula is C15H21F3N2. The monoisotopic (exact) mass is 286 g/mol. The molecular weight excluding hydrogens is 265 g/mol. The topological polar surface area (TPSA) is 15.3 Å². The molecule has 1 heterocycles. The van der Waals surface area contributed by atoms with Crippen LogP contribution in [0.5, 0.6) is 0 Å². The zero-order valence-electron chi connectivity index (χ0n) is 12.0. The van der Waals surface area contributed by atoms with Gasteiger partial charge in [-0.05, 0) is 31.0 Å². The quantitative estimate of drug-likeness (QED) is 0.894. The van der Waals surface area contributed by atoms with Crippen LogP contribution in [0.2, 0.25) is 0 Å². The van der Waals surface area contributed by atoms with Crippen molar-refractivity contribution in [1.82, 2.24) is 5.32 Å².